The number of rotatable bonds is 7. The summed E-state index contributed by atoms with van der Waals surface area (Å²) in [5, 5.41) is 9.43. The van der Waals surface area contributed by atoms with Crippen molar-refractivity contribution in [3.63, 3.8) is 0 Å². The van der Waals surface area contributed by atoms with E-state index in [1.54, 1.807) is 74.5 Å². The fourth-order valence-corrected chi connectivity index (χ4v) is 9.16. The predicted molar refractivity (Wildman–Crippen MR) is 167 cm³/mol. The predicted octanol–water partition coefficient (Wildman–Crippen LogP) is 7.46. The van der Waals surface area contributed by atoms with E-state index in [9.17, 15) is 25.9 Å². The van der Waals surface area contributed by atoms with Gasteiger partial charge in [0.1, 0.15) is 19.8 Å². The molecule has 0 saturated heterocycles. The summed E-state index contributed by atoms with van der Waals surface area (Å²) < 4.78 is 67.8. The molecule has 0 aliphatic rings. The highest BCUT2D eigenvalue weighted by molar-refractivity contribution is 7.86. The average Bonchev–Trinajstić information content (AvgIpc) is 3.56. The van der Waals surface area contributed by atoms with Crippen molar-refractivity contribution >= 4 is 74.7 Å². The number of fused-ring (bicyclic) bond motifs is 2. The lowest BCUT2D eigenvalue weighted by molar-refractivity contribution is 0.481. The Balaban J connectivity index is 1.16. The van der Waals surface area contributed by atoms with Gasteiger partial charge in [-0.15, -0.1) is 27.8 Å². The fourth-order valence-electron chi connectivity index (χ4n) is 4.52. The lowest BCUT2D eigenvalue weighted by Crippen LogP contribution is -2.00. The van der Waals surface area contributed by atoms with Crippen molar-refractivity contribution < 1.29 is 25.9 Å². The Morgan fingerprint density at radius 3 is 1.53 bits per heavy atom. The van der Waals surface area contributed by atoms with Gasteiger partial charge in [0, 0.05) is 11.1 Å². The van der Waals surface area contributed by atoms with E-state index in [1.165, 1.54) is 22.7 Å². The Labute approximate surface area is 254 Å². The largest absolute Gasteiger partial charge is 0.296 e. The standard InChI is InChI=1S/C28H21N5O6S4/c1-15-3-13-21-23(25(15)42(34,35)36)40-27(29-21)17-5-9-19(10-6-17)31-33-32-20-11-7-18(8-12-20)28-30-22-14-4-16(2)26(24(22)41-28)43(37,38)39/h3-14H,1-2H3,(H,31,32)(H,34,35,36)(H,37,38,39). The number of aromatic nitrogens is 2. The Kier molecular flexibility index (Phi) is 7.32. The number of hydrogen-bond donors (Lipinski definition) is 3. The summed E-state index contributed by atoms with van der Waals surface area (Å²) in [7, 11) is -8.79. The lowest BCUT2D eigenvalue weighted by Gasteiger charge is -2.02. The molecule has 4 aromatic carbocycles. The summed E-state index contributed by atoms with van der Waals surface area (Å²) >= 11 is 2.37. The molecule has 43 heavy (non-hydrogen) atoms. The van der Waals surface area contributed by atoms with Crippen molar-refractivity contribution in [2.24, 2.45) is 10.3 Å². The molecule has 0 aliphatic heterocycles. The maximum Gasteiger partial charge on any atom is 0.296 e. The number of benzene rings is 4. The lowest BCUT2D eigenvalue weighted by atomic mass is 10.2. The minimum atomic E-state index is -4.39. The van der Waals surface area contributed by atoms with Crippen molar-refractivity contribution in [1.29, 1.82) is 0 Å². The van der Waals surface area contributed by atoms with E-state index in [0.717, 1.165) is 11.1 Å². The van der Waals surface area contributed by atoms with Crippen molar-refractivity contribution in [2.75, 3.05) is 5.43 Å². The number of thiazole rings is 2. The SMILES string of the molecule is Cc1ccc2nc(-c3ccc(N=NNc4ccc(-c5nc6ccc(C)c(S(=O)(=O)O)c6s5)cc4)cc3)sc2c1S(=O)(=O)O. The number of nitrogens with one attached hydrogen (secondary N) is 1. The van der Waals surface area contributed by atoms with E-state index >= 15 is 0 Å². The van der Waals surface area contributed by atoms with Gasteiger partial charge in [-0.2, -0.15) is 16.8 Å². The van der Waals surface area contributed by atoms with Gasteiger partial charge in [-0.25, -0.2) is 9.97 Å². The molecule has 11 nitrogen and oxygen atoms in total. The summed E-state index contributed by atoms with van der Waals surface area (Å²) in [6, 6.07) is 21.0. The van der Waals surface area contributed by atoms with E-state index in [2.05, 4.69) is 25.7 Å². The van der Waals surface area contributed by atoms with Crippen molar-refractivity contribution in [1.82, 2.24) is 9.97 Å². The molecule has 2 heterocycles. The molecule has 0 radical (unpaired) electrons. The summed E-state index contributed by atoms with van der Waals surface area (Å²) in [4.78, 5) is 8.80. The Bertz CT molecular complexity index is 2280. The molecule has 218 valence electrons. The first-order valence-electron chi connectivity index (χ1n) is 12.5. The maximum absolute atomic E-state index is 11.9. The molecule has 6 aromatic rings. The van der Waals surface area contributed by atoms with Crippen LogP contribution in [0.5, 0.6) is 0 Å². The monoisotopic (exact) mass is 651 g/mol. The summed E-state index contributed by atoms with van der Waals surface area (Å²) in [6.45, 7) is 3.25. The normalized spacial score (nSPS) is 12.5. The van der Waals surface area contributed by atoms with E-state index in [4.69, 9.17) is 0 Å². The van der Waals surface area contributed by atoms with E-state index in [-0.39, 0.29) is 9.79 Å². The Morgan fingerprint density at radius 2 is 1.09 bits per heavy atom. The quantitative estimate of drug-likeness (QED) is 0.0900. The van der Waals surface area contributed by atoms with Crippen molar-refractivity contribution in [2.45, 2.75) is 23.6 Å². The molecule has 0 fully saturated rings. The molecule has 0 saturated carbocycles. The van der Waals surface area contributed by atoms with Crippen LogP contribution in [0, 0.1) is 13.8 Å². The smallest absolute Gasteiger partial charge is 0.282 e. The molecule has 15 heteroatoms. The van der Waals surface area contributed by atoms with Crippen LogP contribution in [0.3, 0.4) is 0 Å². The highest BCUT2D eigenvalue weighted by atomic mass is 32.2. The Hall–Kier alpha value is -4.12. The van der Waals surface area contributed by atoms with E-state index < -0.39 is 20.2 Å². The zero-order valence-corrected chi connectivity index (χ0v) is 25.6. The minimum Gasteiger partial charge on any atom is -0.282 e. The summed E-state index contributed by atoms with van der Waals surface area (Å²) in [5.41, 5.74) is 7.50. The van der Waals surface area contributed by atoms with E-state index in [0.29, 0.717) is 53.0 Å². The van der Waals surface area contributed by atoms with Crippen LogP contribution in [-0.4, -0.2) is 35.9 Å². The first kappa shape index (κ1) is 29.0. The molecule has 0 aliphatic carbocycles. The molecule has 6 rings (SSSR count). The topological polar surface area (TPSA) is 171 Å². The highest BCUT2D eigenvalue weighted by Crippen LogP contribution is 2.37. The summed E-state index contributed by atoms with van der Waals surface area (Å²) in [5.74, 6) is 0. The first-order chi connectivity index (χ1) is 20.4. The van der Waals surface area contributed by atoms with Crippen molar-refractivity contribution in [3.05, 3.63) is 83.9 Å². The van der Waals surface area contributed by atoms with Gasteiger partial charge in [-0.1, -0.05) is 17.4 Å². The third-order valence-corrected chi connectivity index (χ3v) is 11.1. The van der Waals surface area contributed by atoms with Crippen LogP contribution in [-0.2, 0) is 20.2 Å². The Morgan fingerprint density at radius 1 is 0.651 bits per heavy atom. The molecule has 0 amide bonds. The fraction of sp³-hybridized carbons (Fsp3) is 0.0714. The second-order valence-electron chi connectivity index (χ2n) is 9.54. The number of hydrogen-bond acceptors (Lipinski definition) is 10. The molecule has 2 aromatic heterocycles. The van der Waals surface area contributed by atoms with Crippen LogP contribution in [0.15, 0.2) is 92.9 Å². The second-order valence-corrected chi connectivity index (χ2v) is 14.3. The first-order valence-corrected chi connectivity index (χ1v) is 17.0. The van der Waals surface area contributed by atoms with Crippen LogP contribution in [0.4, 0.5) is 11.4 Å². The average molecular weight is 652 g/mol. The molecule has 0 atom stereocenters. The van der Waals surface area contributed by atoms with Crippen LogP contribution in [0.2, 0.25) is 0 Å². The van der Waals surface area contributed by atoms with E-state index in [1.807, 2.05) is 12.1 Å². The van der Waals surface area contributed by atoms with Gasteiger partial charge in [0.15, 0.2) is 0 Å². The third-order valence-electron chi connectivity index (χ3n) is 6.52. The number of nitrogens with zero attached hydrogens (tertiary/aromatic N) is 4. The highest BCUT2D eigenvalue weighted by Gasteiger charge is 2.22. The number of aryl methyl sites for hydroxylation is 2. The maximum atomic E-state index is 11.9. The van der Waals surface area contributed by atoms with Gasteiger partial charge in [-0.3, -0.25) is 14.5 Å². The second kappa shape index (κ2) is 10.9. The van der Waals surface area contributed by atoms with Gasteiger partial charge in [0.05, 0.1) is 31.8 Å². The number of anilines is 1. The van der Waals surface area contributed by atoms with Crippen molar-refractivity contribution in [3.8, 4) is 21.1 Å². The molecule has 0 spiro atoms. The molecular weight excluding hydrogens is 631 g/mol. The van der Waals surface area contributed by atoms with Crippen LogP contribution < -0.4 is 5.43 Å². The van der Waals surface area contributed by atoms with Gasteiger partial charge < -0.3 is 0 Å². The molecule has 0 bridgehead atoms. The van der Waals surface area contributed by atoms with Gasteiger partial charge in [-0.05, 0) is 85.6 Å². The zero-order chi connectivity index (χ0) is 30.5. The van der Waals surface area contributed by atoms with Crippen LogP contribution in [0.25, 0.3) is 41.6 Å². The summed E-state index contributed by atoms with van der Waals surface area (Å²) in [6.07, 6.45) is 0. The van der Waals surface area contributed by atoms with Crippen LogP contribution >= 0.6 is 22.7 Å². The molecule has 3 N–H and O–H groups in total. The third kappa shape index (κ3) is 5.78. The van der Waals surface area contributed by atoms with Crippen LogP contribution in [0.1, 0.15) is 11.1 Å². The molecule has 0 unspecified atom stereocenters. The van der Waals surface area contributed by atoms with Gasteiger partial charge in [0.25, 0.3) is 20.2 Å². The zero-order valence-electron chi connectivity index (χ0n) is 22.4. The minimum absolute atomic E-state index is 0.123. The molecular formula is C28H21N5O6S4. The van der Waals surface area contributed by atoms with Gasteiger partial charge >= 0.3 is 0 Å². The van der Waals surface area contributed by atoms with Gasteiger partial charge in [0.2, 0.25) is 0 Å².